The van der Waals surface area contributed by atoms with Crippen molar-refractivity contribution in [2.24, 2.45) is 0 Å². The van der Waals surface area contributed by atoms with Gasteiger partial charge in [0, 0.05) is 45.0 Å². The molecule has 0 spiro atoms. The van der Waals surface area contributed by atoms with Gasteiger partial charge in [-0.1, -0.05) is 6.42 Å². The number of sulfonamides is 1. The van der Waals surface area contributed by atoms with Crippen molar-refractivity contribution >= 4 is 21.6 Å². The van der Waals surface area contributed by atoms with Crippen LogP contribution in [0.25, 0.3) is 0 Å². The Bertz CT molecular complexity index is 706. The molecule has 144 valence electrons. The summed E-state index contributed by atoms with van der Waals surface area (Å²) >= 11 is 0. The van der Waals surface area contributed by atoms with E-state index >= 15 is 0 Å². The Kier molecular flexibility index (Phi) is 6.29. The fourth-order valence-electron chi connectivity index (χ4n) is 3.37. The maximum atomic E-state index is 12.6. The molecule has 0 atom stereocenters. The van der Waals surface area contributed by atoms with E-state index in [-0.39, 0.29) is 10.8 Å². The molecule has 2 saturated heterocycles. The molecule has 3 rings (SSSR count). The minimum Gasteiger partial charge on any atom is -0.325 e. The van der Waals surface area contributed by atoms with Gasteiger partial charge >= 0.3 is 0 Å². The fourth-order valence-corrected chi connectivity index (χ4v) is 4.89. The number of nitrogens with zero attached hydrogens (tertiary/aromatic N) is 3. The molecule has 0 unspecified atom stereocenters. The van der Waals surface area contributed by atoms with E-state index in [0.717, 1.165) is 45.4 Å². The predicted octanol–water partition coefficient (Wildman–Crippen LogP) is 1.05. The molecule has 1 amide bonds. The summed E-state index contributed by atoms with van der Waals surface area (Å²) in [5, 5.41) is 2.86. The van der Waals surface area contributed by atoms with Crippen molar-refractivity contribution in [1.82, 2.24) is 14.1 Å². The van der Waals surface area contributed by atoms with Crippen molar-refractivity contribution in [2.45, 2.75) is 24.2 Å². The van der Waals surface area contributed by atoms with Crippen LogP contribution in [-0.2, 0) is 14.8 Å². The molecule has 0 bridgehead atoms. The summed E-state index contributed by atoms with van der Waals surface area (Å²) in [7, 11) is -1.35. The molecule has 0 radical (unpaired) electrons. The van der Waals surface area contributed by atoms with Gasteiger partial charge < -0.3 is 10.2 Å². The average Bonchev–Trinajstić information content (AvgIpc) is 2.65. The first-order valence-electron chi connectivity index (χ1n) is 9.26. The molecule has 1 aromatic rings. The summed E-state index contributed by atoms with van der Waals surface area (Å²) in [5.74, 6) is -0.0683. The second kappa shape index (κ2) is 8.47. The molecule has 26 heavy (non-hydrogen) atoms. The number of carbonyl (C=O) groups is 1. The zero-order valence-electron chi connectivity index (χ0n) is 15.4. The van der Waals surface area contributed by atoms with E-state index in [9.17, 15) is 13.2 Å². The van der Waals surface area contributed by atoms with Crippen molar-refractivity contribution in [1.29, 1.82) is 0 Å². The Balaban J connectivity index is 1.56. The number of carbonyl (C=O) groups excluding carboxylic acids is 1. The minimum absolute atomic E-state index is 0.0683. The highest BCUT2D eigenvalue weighted by molar-refractivity contribution is 7.89. The molecule has 7 nitrogen and oxygen atoms in total. The number of anilines is 1. The monoisotopic (exact) mass is 380 g/mol. The van der Waals surface area contributed by atoms with Crippen molar-refractivity contribution in [2.75, 3.05) is 58.2 Å². The van der Waals surface area contributed by atoms with Gasteiger partial charge in [-0.05, 0) is 44.2 Å². The quantitative estimate of drug-likeness (QED) is 0.827. The van der Waals surface area contributed by atoms with Crippen LogP contribution in [0.1, 0.15) is 19.3 Å². The summed E-state index contributed by atoms with van der Waals surface area (Å²) in [4.78, 5) is 16.9. The lowest BCUT2D eigenvalue weighted by Gasteiger charge is -2.31. The Morgan fingerprint density at radius 3 is 2.19 bits per heavy atom. The third kappa shape index (κ3) is 4.82. The first-order chi connectivity index (χ1) is 12.4. The van der Waals surface area contributed by atoms with Gasteiger partial charge in [0.25, 0.3) is 0 Å². The van der Waals surface area contributed by atoms with Crippen LogP contribution in [0, 0.1) is 0 Å². The van der Waals surface area contributed by atoms with Gasteiger partial charge in [0.2, 0.25) is 15.9 Å². The number of rotatable bonds is 5. The lowest BCUT2D eigenvalue weighted by Crippen LogP contribution is -2.47. The van der Waals surface area contributed by atoms with E-state index < -0.39 is 10.0 Å². The highest BCUT2D eigenvalue weighted by atomic mass is 32.2. The lowest BCUT2D eigenvalue weighted by molar-refractivity contribution is -0.117. The number of benzene rings is 1. The second-order valence-corrected chi connectivity index (χ2v) is 9.05. The van der Waals surface area contributed by atoms with E-state index in [0.29, 0.717) is 25.3 Å². The van der Waals surface area contributed by atoms with Gasteiger partial charge in [-0.15, -0.1) is 0 Å². The Morgan fingerprint density at radius 2 is 1.58 bits per heavy atom. The topological polar surface area (TPSA) is 73.0 Å². The molecule has 2 heterocycles. The SMILES string of the molecule is CN1CCN(CC(=O)Nc2ccc(S(=O)(=O)N3CCCCC3)cc2)CC1. The largest absolute Gasteiger partial charge is 0.325 e. The standard InChI is InChI=1S/C18H28N4O3S/c1-20-11-13-21(14-12-20)15-18(23)19-16-5-7-17(8-6-16)26(24,25)22-9-3-2-4-10-22/h5-8H,2-4,9-15H2,1H3,(H,19,23). The number of hydrogen-bond acceptors (Lipinski definition) is 5. The molecule has 8 heteroatoms. The van der Waals surface area contributed by atoms with Crippen LogP contribution >= 0.6 is 0 Å². The van der Waals surface area contributed by atoms with Gasteiger partial charge in [0.05, 0.1) is 11.4 Å². The van der Waals surface area contributed by atoms with Crippen LogP contribution < -0.4 is 5.32 Å². The van der Waals surface area contributed by atoms with Gasteiger partial charge in [-0.3, -0.25) is 9.69 Å². The summed E-state index contributed by atoms with van der Waals surface area (Å²) in [6.45, 7) is 5.25. The van der Waals surface area contributed by atoms with Crippen LogP contribution in [-0.4, -0.2) is 81.3 Å². The third-order valence-corrected chi connectivity index (χ3v) is 6.97. The summed E-state index contributed by atoms with van der Waals surface area (Å²) in [6.07, 6.45) is 2.92. The van der Waals surface area contributed by atoms with Crippen molar-refractivity contribution in [3.63, 3.8) is 0 Å². The zero-order chi connectivity index (χ0) is 18.6. The summed E-state index contributed by atoms with van der Waals surface area (Å²) in [5.41, 5.74) is 0.627. The highest BCUT2D eigenvalue weighted by Gasteiger charge is 2.25. The van der Waals surface area contributed by atoms with Crippen LogP contribution in [0.4, 0.5) is 5.69 Å². The second-order valence-electron chi connectivity index (χ2n) is 7.12. The highest BCUT2D eigenvalue weighted by Crippen LogP contribution is 2.22. The van der Waals surface area contributed by atoms with Gasteiger partial charge in [0.15, 0.2) is 0 Å². The molecule has 0 saturated carbocycles. The van der Waals surface area contributed by atoms with Crippen LogP contribution in [0.3, 0.4) is 0 Å². The lowest BCUT2D eigenvalue weighted by atomic mass is 10.2. The summed E-state index contributed by atoms with van der Waals surface area (Å²) < 4.78 is 26.8. The Labute approximate surface area is 156 Å². The molecule has 0 aromatic heterocycles. The number of piperazine rings is 1. The molecule has 0 aliphatic carbocycles. The van der Waals surface area contributed by atoms with Gasteiger partial charge in [-0.2, -0.15) is 4.31 Å². The van der Waals surface area contributed by atoms with Crippen molar-refractivity contribution < 1.29 is 13.2 Å². The Morgan fingerprint density at radius 1 is 0.962 bits per heavy atom. The normalized spacial score (nSPS) is 20.8. The van der Waals surface area contributed by atoms with Crippen molar-refractivity contribution in [3.05, 3.63) is 24.3 Å². The molecule has 1 aromatic carbocycles. The molecule has 2 aliphatic rings. The fraction of sp³-hybridized carbons (Fsp3) is 0.611. The Hall–Kier alpha value is -1.48. The maximum Gasteiger partial charge on any atom is 0.243 e. The van der Waals surface area contributed by atoms with E-state index in [4.69, 9.17) is 0 Å². The van der Waals surface area contributed by atoms with Gasteiger partial charge in [-0.25, -0.2) is 8.42 Å². The minimum atomic E-state index is -3.43. The predicted molar refractivity (Wildman–Crippen MR) is 102 cm³/mol. The number of nitrogens with one attached hydrogen (secondary N) is 1. The van der Waals surface area contributed by atoms with E-state index in [2.05, 4.69) is 22.2 Å². The van der Waals surface area contributed by atoms with Crippen molar-refractivity contribution in [3.8, 4) is 0 Å². The van der Waals surface area contributed by atoms with Crippen LogP contribution in [0.5, 0.6) is 0 Å². The zero-order valence-corrected chi connectivity index (χ0v) is 16.2. The number of amides is 1. The van der Waals surface area contributed by atoms with E-state index in [1.165, 1.54) is 0 Å². The number of hydrogen-bond donors (Lipinski definition) is 1. The smallest absolute Gasteiger partial charge is 0.243 e. The molecular weight excluding hydrogens is 352 g/mol. The maximum absolute atomic E-state index is 12.6. The number of likely N-dealkylation sites (N-methyl/N-ethyl adjacent to an activating group) is 1. The van der Waals surface area contributed by atoms with E-state index in [1.54, 1.807) is 28.6 Å². The average molecular weight is 381 g/mol. The van der Waals surface area contributed by atoms with Crippen LogP contribution in [0.15, 0.2) is 29.2 Å². The molecular formula is C18H28N4O3S. The first-order valence-corrected chi connectivity index (χ1v) is 10.7. The van der Waals surface area contributed by atoms with E-state index in [1.807, 2.05) is 0 Å². The molecule has 1 N–H and O–H groups in total. The molecule has 2 aliphatic heterocycles. The van der Waals surface area contributed by atoms with Gasteiger partial charge in [0.1, 0.15) is 0 Å². The number of piperidine rings is 1. The first kappa shape index (κ1) is 19.3. The van der Waals surface area contributed by atoms with Crippen LogP contribution in [0.2, 0.25) is 0 Å². The third-order valence-electron chi connectivity index (χ3n) is 5.05. The molecule has 2 fully saturated rings. The summed E-state index contributed by atoms with van der Waals surface area (Å²) in [6, 6.07) is 6.49.